The number of benzene rings is 1. The molecule has 0 unspecified atom stereocenters. The standard InChI is InChI=1S/C18H24N2O3/c21-12-16(19-17(22)13-6-2-1-3-7-13)18(23)20-10-14-8-4-5-9-15(14)11-20/h1-3,6-7,14-16,21H,4-5,8-12H2,(H,19,22)/t14-,15+,16-/m1/s1. The highest BCUT2D eigenvalue weighted by atomic mass is 16.3. The van der Waals surface area contributed by atoms with E-state index in [9.17, 15) is 14.7 Å². The van der Waals surface area contributed by atoms with Crippen LogP contribution >= 0.6 is 0 Å². The van der Waals surface area contributed by atoms with E-state index in [0.29, 0.717) is 17.4 Å². The third kappa shape index (κ3) is 3.55. The number of carbonyl (C=O) groups is 2. The number of rotatable bonds is 4. The van der Waals surface area contributed by atoms with E-state index in [1.807, 2.05) is 11.0 Å². The van der Waals surface area contributed by atoms with Crippen molar-refractivity contribution in [3.05, 3.63) is 35.9 Å². The van der Waals surface area contributed by atoms with Crippen LogP contribution in [-0.4, -0.2) is 47.6 Å². The molecule has 5 heteroatoms. The lowest BCUT2D eigenvalue weighted by Crippen LogP contribution is -2.50. The van der Waals surface area contributed by atoms with E-state index < -0.39 is 6.04 Å². The smallest absolute Gasteiger partial charge is 0.251 e. The van der Waals surface area contributed by atoms with E-state index in [-0.39, 0.29) is 18.4 Å². The number of aliphatic hydroxyl groups excluding tert-OH is 1. The Bertz CT molecular complexity index is 547. The maximum absolute atomic E-state index is 12.6. The van der Waals surface area contributed by atoms with Crippen molar-refractivity contribution in [2.45, 2.75) is 31.7 Å². The first kappa shape index (κ1) is 16.0. The number of aliphatic hydroxyl groups is 1. The SMILES string of the molecule is O=C(N[C@H](CO)C(=O)N1C[C@H]2CCCC[C@H]2C1)c1ccccc1. The summed E-state index contributed by atoms with van der Waals surface area (Å²) in [6.07, 6.45) is 4.87. The number of likely N-dealkylation sites (tertiary alicyclic amines) is 1. The summed E-state index contributed by atoms with van der Waals surface area (Å²) in [6.45, 7) is 1.16. The summed E-state index contributed by atoms with van der Waals surface area (Å²) in [7, 11) is 0. The second kappa shape index (κ2) is 7.13. The largest absolute Gasteiger partial charge is 0.394 e. The Hall–Kier alpha value is -1.88. The molecule has 23 heavy (non-hydrogen) atoms. The van der Waals surface area contributed by atoms with Crippen LogP contribution in [0.3, 0.4) is 0 Å². The van der Waals surface area contributed by atoms with Gasteiger partial charge in [-0.3, -0.25) is 9.59 Å². The molecule has 2 fully saturated rings. The molecule has 1 aliphatic carbocycles. The van der Waals surface area contributed by atoms with Crippen molar-refractivity contribution in [1.82, 2.24) is 10.2 Å². The second-order valence-corrected chi connectivity index (χ2v) is 6.62. The number of hydrogen-bond acceptors (Lipinski definition) is 3. The van der Waals surface area contributed by atoms with E-state index in [1.54, 1.807) is 24.3 Å². The molecule has 0 bridgehead atoms. The van der Waals surface area contributed by atoms with Crippen LogP contribution in [0.1, 0.15) is 36.0 Å². The van der Waals surface area contributed by atoms with Crippen molar-refractivity contribution < 1.29 is 14.7 Å². The zero-order valence-corrected chi connectivity index (χ0v) is 13.3. The molecule has 1 saturated heterocycles. The van der Waals surface area contributed by atoms with Crippen LogP contribution in [0.25, 0.3) is 0 Å². The van der Waals surface area contributed by atoms with Gasteiger partial charge in [0.1, 0.15) is 6.04 Å². The van der Waals surface area contributed by atoms with Crippen molar-refractivity contribution in [1.29, 1.82) is 0 Å². The molecule has 2 amide bonds. The van der Waals surface area contributed by atoms with Crippen molar-refractivity contribution >= 4 is 11.8 Å². The van der Waals surface area contributed by atoms with Crippen molar-refractivity contribution in [2.24, 2.45) is 11.8 Å². The molecule has 0 radical (unpaired) electrons. The normalized spacial score (nSPS) is 24.8. The second-order valence-electron chi connectivity index (χ2n) is 6.62. The van der Waals surface area contributed by atoms with Gasteiger partial charge in [0.15, 0.2) is 0 Å². The molecule has 1 saturated carbocycles. The van der Waals surface area contributed by atoms with Gasteiger partial charge in [-0.2, -0.15) is 0 Å². The summed E-state index contributed by atoms with van der Waals surface area (Å²) < 4.78 is 0. The molecule has 0 spiro atoms. The molecule has 1 aromatic carbocycles. The zero-order valence-electron chi connectivity index (χ0n) is 13.3. The van der Waals surface area contributed by atoms with E-state index >= 15 is 0 Å². The Morgan fingerprint density at radius 2 is 1.74 bits per heavy atom. The monoisotopic (exact) mass is 316 g/mol. The Kier molecular flexibility index (Phi) is 4.96. The predicted octanol–water partition coefficient (Wildman–Crippen LogP) is 1.43. The van der Waals surface area contributed by atoms with Crippen molar-refractivity contribution in [3.8, 4) is 0 Å². The molecule has 124 valence electrons. The molecule has 1 heterocycles. The maximum Gasteiger partial charge on any atom is 0.251 e. The topological polar surface area (TPSA) is 69.6 Å². The molecular formula is C18H24N2O3. The Balaban J connectivity index is 1.62. The van der Waals surface area contributed by atoms with Gasteiger partial charge in [0.2, 0.25) is 5.91 Å². The molecule has 5 nitrogen and oxygen atoms in total. The molecule has 2 N–H and O–H groups in total. The Labute approximate surface area is 136 Å². The van der Waals surface area contributed by atoms with Crippen molar-refractivity contribution in [3.63, 3.8) is 0 Å². The number of hydrogen-bond donors (Lipinski definition) is 2. The lowest BCUT2D eigenvalue weighted by atomic mass is 9.82. The Morgan fingerprint density at radius 1 is 1.13 bits per heavy atom. The first-order valence-electron chi connectivity index (χ1n) is 8.44. The summed E-state index contributed by atoms with van der Waals surface area (Å²) in [6, 6.07) is 7.91. The van der Waals surface area contributed by atoms with Gasteiger partial charge < -0.3 is 15.3 Å². The Morgan fingerprint density at radius 3 is 2.30 bits per heavy atom. The fraction of sp³-hybridized carbons (Fsp3) is 0.556. The summed E-state index contributed by atoms with van der Waals surface area (Å²) in [4.78, 5) is 26.7. The van der Waals surface area contributed by atoms with Gasteiger partial charge in [0.25, 0.3) is 5.91 Å². The van der Waals surface area contributed by atoms with Gasteiger partial charge in [-0.05, 0) is 36.8 Å². The first-order chi connectivity index (χ1) is 11.2. The molecule has 3 rings (SSSR count). The maximum atomic E-state index is 12.6. The minimum Gasteiger partial charge on any atom is -0.394 e. The third-order valence-corrected chi connectivity index (χ3v) is 5.11. The highest BCUT2D eigenvalue weighted by Gasteiger charge is 2.38. The van der Waals surface area contributed by atoms with Crippen molar-refractivity contribution in [2.75, 3.05) is 19.7 Å². The lowest BCUT2D eigenvalue weighted by molar-refractivity contribution is -0.133. The number of fused-ring (bicyclic) bond motifs is 1. The van der Waals surface area contributed by atoms with Gasteiger partial charge in [-0.15, -0.1) is 0 Å². The van der Waals surface area contributed by atoms with Crippen LogP contribution in [0.2, 0.25) is 0 Å². The van der Waals surface area contributed by atoms with E-state index in [1.165, 1.54) is 25.7 Å². The van der Waals surface area contributed by atoms with Gasteiger partial charge >= 0.3 is 0 Å². The fourth-order valence-electron chi connectivity index (χ4n) is 3.82. The van der Waals surface area contributed by atoms with E-state index in [4.69, 9.17) is 0 Å². The summed E-state index contributed by atoms with van der Waals surface area (Å²) in [5.74, 6) is 0.703. The number of amides is 2. The average Bonchev–Trinajstić information content (AvgIpc) is 3.03. The highest BCUT2D eigenvalue weighted by Crippen LogP contribution is 2.36. The number of nitrogens with zero attached hydrogens (tertiary/aromatic N) is 1. The summed E-state index contributed by atoms with van der Waals surface area (Å²) in [5.41, 5.74) is 0.494. The van der Waals surface area contributed by atoms with Crippen LogP contribution in [0.15, 0.2) is 30.3 Å². The molecule has 1 aromatic rings. The summed E-state index contributed by atoms with van der Waals surface area (Å²) >= 11 is 0. The minimum absolute atomic E-state index is 0.161. The van der Waals surface area contributed by atoms with Gasteiger partial charge in [-0.1, -0.05) is 31.0 Å². The van der Waals surface area contributed by atoms with Gasteiger partial charge in [-0.25, -0.2) is 0 Å². The quantitative estimate of drug-likeness (QED) is 0.883. The van der Waals surface area contributed by atoms with E-state index in [2.05, 4.69) is 5.32 Å². The van der Waals surface area contributed by atoms with Crippen LogP contribution in [0.4, 0.5) is 0 Å². The average molecular weight is 316 g/mol. The number of nitrogens with one attached hydrogen (secondary N) is 1. The van der Waals surface area contributed by atoms with Crippen LogP contribution in [0.5, 0.6) is 0 Å². The first-order valence-corrected chi connectivity index (χ1v) is 8.44. The minimum atomic E-state index is -0.858. The molecular weight excluding hydrogens is 292 g/mol. The predicted molar refractivity (Wildman–Crippen MR) is 86.8 cm³/mol. The zero-order chi connectivity index (χ0) is 16.2. The third-order valence-electron chi connectivity index (χ3n) is 5.11. The lowest BCUT2D eigenvalue weighted by Gasteiger charge is -2.23. The molecule has 2 aliphatic rings. The van der Waals surface area contributed by atoms with Gasteiger partial charge in [0, 0.05) is 18.7 Å². The fourth-order valence-corrected chi connectivity index (χ4v) is 3.82. The molecule has 1 aliphatic heterocycles. The number of carbonyl (C=O) groups excluding carboxylic acids is 2. The van der Waals surface area contributed by atoms with Gasteiger partial charge in [0.05, 0.1) is 6.61 Å². The van der Waals surface area contributed by atoms with Crippen LogP contribution in [-0.2, 0) is 4.79 Å². The van der Waals surface area contributed by atoms with Crippen LogP contribution < -0.4 is 5.32 Å². The highest BCUT2D eigenvalue weighted by molar-refractivity contribution is 5.97. The molecule has 0 aromatic heterocycles. The molecule has 3 atom stereocenters. The summed E-state index contributed by atoms with van der Waals surface area (Å²) in [5, 5.41) is 12.2. The van der Waals surface area contributed by atoms with Crippen LogP contribution in [0, 0.1) is 11.8 Å². The van der Waals surface area contributed by atoms with E-state index in [0.717, 1.165) is 13.1 Å².